The van der Waals surface area contributed by atoms with Gasteiger partial charge in [0, 0.05) is 4.43 Å². The molecule has 54 valence electrons. The van der Waals surface area contributed by atoms with Crippen molar-refractivity contribution in [3.05, 3.63) is 0 Å². The summed E-state index contributed by atoms with van der Waals surface area (Å²) in [6.45, 7) is 0. The van der Waals surface area contributed by atoms with Crippen LogP contribution in [0.3, 0.4) is 0 Å². The number of hydrogen-bond acceptors (Lipinski definition) is 0. The Hall–Kier alpha value is 0.520. The minimum atomic E-state index is -3.92. The van der Waals surface area contributed by atoms with E-state index in [-0.39, 0.29) is 5.92 Å². The molecule has 1 saturated carbocycles. The molecule has 0 saturated heterocycles. The van der Waals surface area contributed by atoms with Crippen molar-refractivity contribution < 1.29 is 13.2 Å². The van der Waals surface area contributed by atoms with E-state index in [0.717, 1.165) is 0 Å². The Bertz CT molecular complexity index is 109. The molecule has 1 aliphatic rings. The largest absolute Gasteiger partial charge is 0.392 e. The molecule has 2 atom stereocenters. The zero-order valence-electron chi connectivity index (χ0n) is 4.58. The van der Waals surface area contributed by atoms with Crippen LogP contribution in [0.2, 0.25) is 0 Å². The minimum Gasteiger partial charge on any atom is -0.171 e. The fourth-order valence-electron chi connectivity index (χ4n) is 0.819. The summed E-state index contributed by atoms with van der Waals surface area (Å²) in [6.07, 6.45) is -3.57. The second-order valence-electron chi connectivity index (χ2n) is 2.30. The topological polar surface area (TPSA) is 0 Å². The second-order valence-corrected chi connectivity index (χ2v) is 3.18. The maximum absolute atomic E-state index is 11.7. The standard InChI is InChI=1S/C5H6F3I/c6-5(7,8)4-1-3(4)2-9/h3-4H,1-2H2/t3-,4+/m0/s1. The molecule has 0 radical (unpaired) electrons. The first-order chi connectivity index (χ1) is 4.05. The molecule has 0 spiro atoms. The summed E-state index contributed by atoms with van der Waals surface area (Å²) in [6, 6.07) is 0. The summed E-state index contributed by atoms with van der Waals surface area (Å²) in [4.78, 5) is 0. The number of alkyl halides is 4. The summed E-state index contributed by atoms with van der Waals surface area (Å²) >= 11 is 2.00. The van der Waals surface area contributed by atoms with E-state index in [0.29, 0.717) is 10.8 Å². The first-order valence-electron chi connectivity index (χ1n) is 2.68. The van der Waals surface area contributed by atoms with Crippen LogP contribution in [0.1, 0.15) is 6.42 Å². The molecule has 0 nitrogen and oxygen atoms in total. The zero-order chi connectivity index (χ0) is 7.07. The molecule has 0 N–H and O–H groups in total. The van der Waals surface area contributed by atoms with Gasteiger partial charge in [-0.25, -0.2) is 0 Å². The highest BCUT2D eigenvalue weighted by molar-refractivity contribution is 14.1. The predicted molar refractivity (Wildman–Crippen MR) is 36.5 cm³/mol. The van der Waals surface area contributed by atoms with Crippen LogP contribution < -0.4 is 0 Å². The number of hydrogen-bond donors (Lipinski definition) is 0. The van der Waals surface area contributed by atoms with Crippen molar-refractivity contribution >= 4 is 22.6 Å². The van der Waals surface area contributed by atoms with E-state index < -0.39 is 12.1 Å². The Morgan fingerprint density at radius 3 is 2.11 bits per heavy atom. The van der Waals surface area contributed by atoms with Crippen molar-refractivity contribution in [1.82, 2.24) is 0 Å². The van der Waals surface area contributed by atoms with Gasteiger partial charge in [0.15, 0.2) is 0 Å². The monoisotopic (exact) mass is 250 g/mol. The predicted octanol–water partition coefficient (Wildman–Crippen LogP) is 2.62. The van der Waals surface area contributed by atoms with Gasteiger partial charge >= 0.3 is 6.18 Å². The lowest BCUT2D eigenvalue weighted by Gasteiger charge is -2.02. The van der Waals surface area contributed by atoms with Crippen LogP contribution in [0.25, 0.3) is 0 Å². The highest BCUT2D eigenvalue weighted by Gasteiger charge is 2.54. The van der Waals surface area contributed by atoms with Crippen LogP contribution in [0, 0.1) is 11.8 Å². The van der Waals surface area contributed by atoms with Crippen molar-refractivity contribution in [3.8, 4) is 0 Å². The summed E-state index contributed by atoms with van der Waals surface area (Å²) in [5.74, 6) is -1.06. The van der Waals surface area contributed by atoms with E-state index >= 15 is 0 Å². The summed E-state index contributed by atoms with van der Waals surface area (Å²) in [5.41, 5.74) is 0. The Kier molecular flexibility index (Phi) is 1.94. The molecule has 0 heterocycles. The van der Waals surface area contributed by atoms with Gasteiger partial charge in [-0.3, -0.25) is 0 Å². The molecule has 1 aliphatic carbocycles. The first-order valence-corrected chi connectivity index (χ1v) is 4.21. The lowest BCUT2D eigenvalue weighted by Crippen LogP contribution is -2.11. The van der Waals surface area contributed by atoms with E-state index in [2.05, 4.69) is 0 Å². The van der Waals surface area contributed by atoms with Crippen LogP contribution >= 0.6 is 22.6 Å². The average Bonchev–Trinajstić information content (AvgIpc) is 2.39. The van der Waals surface area contributed by atoms with Crippen LogP contribution in [0.15, 0.2) is 0 Å². The fourth-order valence-corrected chi connectivity index (χ4v) is 1.79. The van der Waals surface area contributed by atoms with E-state index in [1.54, 1.807) is 0 Å². The average molecular weight is 250 g/mol. The molecule has 0 aromatic heterocycles. The highest BCUT2D eigenvalue weighted by atomic mass is 127. The molecule has 0 bridgehead atoms. The molecular weight excluding hydrogens is 244 g/mol. The normalized spacial score (nSPS) is 34.7. The smallest absolute Gasteiger partial charge is 0.171 e. The van der Waals surface area contributed by atoms with Crippen LogP contribution in [0.4, 0.5) is 13.2 Å². The van der Waals surface area contributed by atoms with E-state index in [4.69, 9.17) is 0 Å². The third-order valence-corrected chi connectivity index (χ3v) is 2.67. The quantitative estimate of drug-likeness (QED) is 0.495. The molecular formula is C5H6F3I. The molecule has 9 heavy (non-hydrogen) atoms. The first kappa shape index (κ1) is 7.63. The van der Waals surface area contributed by atoms with Gasteiger partial charge in [-0.1, -0.05) is 22.6 Å². The molecule has 1 rings (SSSR count). The summed E-state index contributed by atoms with van der Waals surface area (Å²) in [5, 5.41) is 0. The molecule has 0 aliphatic heterocycles. The maximum atomic E-state index is 11.7. The Labute approximate surface area is 65.0 Å². The van der Waals surface area contributed by atoms with Crippen molar-refractivity contribution in [2.45, 2.75) is 12.6 Å². The van der Waals surface area contributed by atoms with Crippen LogP contribution in [0.5, 0.6) is 0 Å². The maximum Gasteiger partial charge on any atom is 0.392 e. The molecule has 0 unspecified atom stereocenters. The van der Waals surface area contributed by atoms with Crippen LogP contribution in [-0.2, 0) is 0 Å². The van der Waals surface area contributed by atoms with Gasteiger partial charge < -0.3 is 0 Å². The summed E-state index contributed by atoms with van der Waals surface area (Å²) < 4.78 is 35.7. The Balaban J connectivity index is 2.33. The van der Waals surface area contributed by atoms with Gasteiger partial charge in [0.2, 0.25) is 0 Å². The molecule has 0 aromatic rings. The fraction of sp³-hybridized carbons (Fsp3) is 1.00. The lowest BCUT2D eigenvalue weighted by atomic mass is 10.3. The Morgan fingerprint density at radius 1 is 1.44 bits per heavy atom. The SMILES string of the molecule is FC(F)(F)[C@@H]1C[C@H]1CI. The molecule has 4 heteroatoms. The zero-order valence-corrected chi connectivity index (χ0v) is 6.74. The van der Waals surface area contributed by atoms with Gasteiger partial charge in [-0.15, -0.1) is 0 Å². The third-order valence-electron chi connectivity index (χ3n) is 1.54. The molecule has 0 amide bonds. The van der Waals surface area contributed by atoms with Gasteiger partial charge in [-0.2, -0.15) is 13.2 Å². The Morgan fingerprint density at radius 2 is 2.00 bits per heavy atom. The molecule has 1 fully saturated rings. The second kappa shape index (κ2) is 2.29. The van der Waals surface area contributed by atoms with E-state index in [1.165, 1.54) is 0 Å². The van der Waals surface area contributed by atoms with Gasteiger partial charge in [-0.05, 0) is 12.3 Å². The lowest BCUT2D eigenvalue weighted by molar-refractivity contribution is -0.150. The van der Waals surface area contributed by atoms with E-state index in [9.17, 15) is 13.2 Å². The molecule has 0 aromatic carbocycles. The van der Waals surface area contributed by atoms with Gasteiger partial charge in [0.25, 0.3) is 0 Å². The van der Waals surface area contributed by atoms with Crippen molar-refractivity contribution in [2.75, 3.05) is 4.43 Å². The van der Waals surface area contributed by atoms with Crippen molar-refractivity contribution in [1.29, 1.82) is 0 Å². The van der Waals surface area contributed by atoms with Gasteiger partial charge in [0.1, 0.15) is 0 Å². The van der Waals surface area contributed by atoms with Gasteiger partial charge in [0.05, 0.1) is 5.92 Å². The number of rotatable bonds is 1. The highest BCUT2D eigenvalue weighted by Crippen LogP contribution is 2.50. The number of halogens is 4. The van der Waals surface area contributed by atoms with Crippen LogP contribution in [-0.4, -0.2) is 10.6 Å². The summed E-state index contributed by atoms with van der Waals surface area (Å²) in [7, 11) is 0. The van der Waals surface area contributed by atoms with E-state index in [1.807, 2.05) is 22.6 Å². The third kappa shape index (κ3) is 1.72. The minimum absolute atomic E-state index is 0.0781. The van der Waals surface area contributed by atoms with Crippen molar-refractivity contribution in [3.63, 3.8) is 0 Å². The van der Waals surface area contributed by atoms with Crippen molar-refractivity contribution in [2.24, 2.45) is 11.8 Å².